The number of nitrogens with zero attached hydrogens (tertiary/aromatic N) is 1. The summed E-state index contributed by atoms with van der Waals surface area (Å²) in [6.45, 7) is 0. The van der Waals surface area contributed by atoms with Crippen molar-refractivity contribution in [1.82, 2.24) is 0 Å². The lowest BCUT2D eigenvalue weighted by molar-refractivity contribution is 1.32. The number of hydrogen-bond acceptors (Lipinski definition) is 1. The van der Waals surface area contributed by atoms with Gasteiger partial charge in [0, 0.05) is 16.3 Å². The summed E-state index contributed by atoms with van der Waals surface area (Å²) in [7, 11) is 0. The Bertz CT molecular complexity index is 2610. The third kappa shape index (κ3) is 5.04. The average molecular weight is 624 g/mol. The van der Waals surface area contributed by atoms with Crippen molar-refractivity contribution in [3.05, 3.63) is 200 Å². The summed E-state index contributed by atoms with van der Waals surface area (Å²) in [5.41, 5.74) is 10.6. The van der Waals surface area contributed by atoms with Crippen LogP contribution in [0.1, 0.15) is 0 Å². The van der Waals surface area contributed by atoms with Crippen LogP contribution in [0.15, 0.2) is 200 Å². The van der Waals surface area contributed by atoms with Crippen molar-refractivity contribution in [3.8, 4) is 33.4 Å². The molecule has 0 aromatic heterocycles. The van der Waals surface area contributed by atoms with Crippen molar-refractivity contribution >= 4 is 49.4 Å². The maximum absolute atomic E-state index is 2.49. The van der Waals surface area contributed by atoms with E-state index in [0.29, 0.717) is 0 Å². The van der Waals surface area contributed by atoms with Crippen LogP contribution in [0.5, 0.6) is 0 Å². The summed E-state index contributed by atoms with van der Waals surface area (Å²) in [6.07, 6.45) is 0. The summed E-state index contributed by atoms with van der Waals surface area (Å²) in [5, 5.41) is 7.36. The molecule has 1 nitrogen and oxygen atoms in total. The molecule has 9 aromatic rings. The second-order valence-corrected chi connectivity index (χ2v) is 12.5. The van der Waals surface area contributed by atoms with E-state index in [1.165, 1.54) is 65.7 Å². The Morgan fingerprint density at radius 3 is 1.47 bits per heavy atom. The molecule has 0 heterocycles. The van der Waals surface area contributed by atoms with E-state index in [9.17, 15) is 0 Å². The van der Waals surface area contributed by atoms with Gasteiger partial charge in [-0.05, 0) is 67.6 Å². The molecule has 0 aliphatic rings. The van der Waals surface area contributed by atoms with E-state index in [4.69, 9.17) is 0 Å². The summed E-state index contributed by atoms with van der Waals surface area (Å²) >= 11 is 0. The molecule has 0 saturated heterocycles. The van der Waals surface area contributed by atoms with E-state index in [1.54, 1.807) is 0 Å². The molecular formula is C48H33N. The second kappa shape index (κ2) is 12.3. The first kappa shape index (κ1) is 28.8. The highest BCUT2D eigenvalue weighted by Gasteiger charge is 2.23. The predicted octanol–water partition coefficient (Wildman–Crippen LogP) is 13.6. The van der Waals surface area contributed by atoms with Gasteiger partial charge in [-0.15, -0.1) is 0 Å². The van der Waals surface area contributed by atoms with E-state index in [0.717, 1.165) is 17.1 Å². The quantitative estimate of drug-likeness (QED) is 0.167. The SMILES string of the molecule is c1ccc(-c2ccccc2-c2ccccc2-c2ccccc2N(c2cccc3ccccc23)c2cc3ccccc3c3ccccc23)cc1. The molecule has 0 saturated carbocycles. The van der Waals surface area contributed by atoms with Gasteiger partial charge in [-0.3, -0.25) is 0 Å². The van der Waals surface area contributed by atoms with Crippen LogP contribution in [0.4, 0.5) is 17.1 Å². The first-order valence-corrected chi connectivity index (χ1v) is 16.9. The third-order valence-corrected chi connectivity index (χ3v) is 9.66. The maximum atomic E-state index is 2.49. The minimum atomic E-state index is 1.13. The van der Waals surface area contributed by atoms with Crippen LogP contribution in [0, 0.1) is 0 Å². The van der Waals surface area contributed by atoms with Gasteiger partial charge in [0.2, 0.25) is 0 Å². The second-order valence-electron chi connectivity index (χ2n) is 12.5. The molecule has 0 spiro atoms. The van der Waals surface area contributed by atoms with Gasteiger partial charge < -0.3 is 4.90 Å². The van der Waals surface area contributed by atoms with E-state index < -0.39 is 0 Å². The lowest BCUT2D eigenvalue weighted by Crippen LogP contribution is -2.12. The van der Waals surface area contributed by atoms with Crippen LogP contribution in [-0.4, -0.2) is 0 Å². The zero-order valence-electron chi connectivity index (χ0n) is 27.0. The van der Waals surface area contributed by atoms with E-state index in [-0.39, 0.29) is 0 Å². The van der Waals surface area contributed by atoms with Gasteiger partial charge in [0.05, 0.1) is 17.1 Å². The maximum Gasteiger partial charge on any atom is 0.0546 e. The molecule has 0 amide bonds. The molecule has 9 rings (SSSR count). The lowest BCUT2D eigenvalue weighted by Gasteiger charge is -2.31. The van der Waals surface area contributed by atoms with Gasteiger partial charge in [0.25, 0.3) is 0 Å². The van der Waals surface area contributed by atoms with Crippen molar-refractivity contribution < 1.29 is 0 Å². The molecule has 0 aliphatic heterocycles. The molecule has 230 valence electrons. The van der Waals surface area contributed by atoms with Crippen LogP contribution in [0.3, 0.4) is 0 Å². The van der Waals surface area contributed by atoms with Gasteiger partial charge in [-0.25, -0.2) is 0 Å². The zero-order chi connectivity index (χ0) is 32.6. The average Bonchev–Trinajstić information content (AvgIpc) is 3.19. The van der Waals surface area contributed by atoms with Crippen molar-refractivity contribution in [2.45, 2.75) is 0 Å². The van der Waals surface area contributed by atoms with Gasteiger partial charge >= 0.3 is 0 Å². The summed E-state index contributed by atoms with van der Waals surface area (Å²) in [4.78, 5) is 2.49. The third-order valence-electron chi connectivity index (χ3n) is 9.66. The van der Waals surface area contributed by atoms with Crippen LogP contribution in [0.25, 0.3) is 65.7 Å². The Morgan fingerprint density at radius 2 is 0.714 bits per heavy atom. The molecule has 49 heavy (non-hydrogen) atoms. The Hall–Kier alpha value is -6.44. The minimum Gasteiger partial charge on any atom is -0.309 e. The van der Waals surface area contributed by atoms with E-state index in [1.807, 2.05) is 0 Å². The van der Waals surface area contributed by atoms with Crippen molar-refractivity contribution in [2.24, 2.45) is 0 Å². The number of benzene rings is 9. The van der Waals surface area contributed by atoms with Crippen LogP contribution >= 0.6 is 0 Å². The van der Waals surface area contributed by atoms with E-state index >= 15 is 0 Å². The molecule has 0 unspecified atom stereocenters. The molecule has 0 bridgehead atoms. The fourth-order valence-corrected chi connectivity index (χ4v) is 7.45. The van der Waals surface area contributed by atoms with Crippen LogP contribution in [0.2, 0.25) is 0 Å². The summed E-state index contributed by atoms with van der Waals surface area (Å²) < 4.78 is 0. The Labute approximate surface area is 287 Å². The molecular weight excluding hydrogens is 591 g/mol. The van der Waals surface area contributed by atoms with Gasteiger partial charge in [0.15, 0.2) is 0 Å². The first-order valence-electron chi connectivity index (χ1n) is 16.9. The molecule has 9 aromatic carbocycles. The molecule has 0 atom stereocenters. The summed E-state index contributed by atoms with van der Waals surface area (Å²) in [6, 6.07) is 72.5. The number of rotatable bonds is 6. The highest BCUT2D eigenvalue weighted by molar-refractivity contribution is 6.16. The monoisotopic (exact) mass is 623 g/mol. The van der Waals surface area contributed by atoms with Gasteiger partial charge in [-0.1, -0.05) is 182 Å². The predicted molar refractivity (Wildman–Crippen MR) is 210 cm³/mol. The molecule has 0 N–H and O–H groups in total. The number of anilines is 3. The normalized spacial score (nSPS) is 11.3. The molecule has 0 fully saturated rings. The Balaban J connectivity index is 1.35. The highest BCUT2D eigenvalue weighted by Crippen LogP contribution is 2.48. The number of para-hydroxylation sites is 1. The first-order chi connectivity index (χ1) is 24.3. The largest absolute Gasteiger partial charge is 0.309 e. The standard InChI is InChI=1S/C48H33N/c1-2-17-34(18-3-1)37-22-8-9-25-40(37)42-27-10-11-28-43(42)44-29-14-15-31-47(44)49(46-32-16-21-35-19-4-7-24-39(35)46)48-33-36-20-5-6-23-38(36)41-26-12-13-30-45(41)48/h1-33H. The smallest absolute Gasteiger partial charge is 0.0546 e. The number of fused-ring (bicyclic) bond motifs is 4. The minimum absolute atomic E-state index is 1.13. The number of hydrogen-bond donors (Lipinski definition) is 0. The van der Waals surface area contributed by atoms with Gasteiger partial charge in [-0.2, -0.15) is 0 Å². The topological polar surface area (TPSA) is 3.24 Å². The van der Waals surface area contributed by atoms with Crippen molar-refractivity contribution in [1.29, 1.82) is 0 Å². The lowest BCUT2D eigenvalue weighted by atomic mass is 9.88. The van der Waals surface area contributed by atoms with Crippen LogP contribution in [-0.2, 0) is 0 Å². The molecule has 1 heteroatoms. The van der Waals surface area contributed by atoms with Crippen LogP contribution < -0.4 is 4.90 Å². The van der Waals surface area contributed by atoms with Crippen molar-refractivity contribution in [3.63, 3.8) is 0 Å². The Morgan fingerprint density at radius 1 is 0.245 bits per heavy atom. The molecule has 0 aliphatic carbocycles. The van der Waals surface area contributed by atoms with E-state index in [2.05, 4.69) is 205 Å². The Kier molecular flexibility index (Phi) is 7.22. The zero-order valence-corrected chi connectivity index (χ0v) is 27.0. The summed E-state index contributed by atoms with van der Waals surface area (Å²) in [5.74, 6) is 0. The fourth-order valence-electron chi connectivity index (χ4n) is 7.45. The molecule has 0 radical (unpaired) electrons. The van der Waals surface area contributed by atoms with Gasteiger partial charge in [0.1, 0.15) is 0 Å². The fraction of sp³-hybridized carbons (Fsp3) is 0. The highest BCUT2D eigenvalue weighted by atomic mass is 15.1. The van der Waals surface area contributed by atoms with Crippen molar-refractivity contribution in [2.75, 3.05) is 4.90 Å².